The molecule has 3 nitrogen and oxygen atoms in total. The minimum Gasteiger partial charge on any atom is -0.304 e. The van der Waals surface area contributed by atoms with Crippen molar-refractivity contribution in [2.75, 3.05) is 0 Å². The average Bonchev–Trinajstić information content (AvgIpc) is 2.17. The second-order valence-electron chi connectivity index (χ2n) is 3.57. The molecule has 2 aromatic heterocycles. The van der Waals surface area contributed by atoms with Crippen LogP contribution in [0.15, 0.2) is 35.4 Å². The Morgan fingerprint density at radius 1 is 1.29 bits per heavy atom. The van der Waals surface area contributed by atoms with Gasteiger partial charge in [0.25, 0.3) is 5.56 Å². The van der Waals surface area contributed by atoms with Crippen LogP contribution >= 0.6 is 0 Å². The minimum absolute atomic E-state index is 0.0282. The van der Waals surface area contributed by atoms with Crippen LogP contribution in [0, 0.1) is 0 Å². The maximum atomic E-state index is 11.6. The van der Waals surface area contributed by atoms with Gasteiger partial charge in [-0.15, -0.1) is 0 Å². The van der Waals surface area contributed by atoms with Crippen molar-refractivity contribution in [1.82, 2.24) is 9.55 Å². The lowest BCUT2D eigenvalue weighted by atomic mass is 10.2. The van der Waals surface area contributed by atoms with Crippen molar-refractivity contribution in [3.05, 3.63) is 40.9 Å². The van der Waals surface area contributed by atoms with Gasteiger partial charge < -0.3 is 4.57 Å². The van der Waals surface area contributed by atoms with Crippen LogP contribution in [0.2, 0.25) is 0 Å². The maximum absolute atomic E-state index is 11.6. The predicted octanol–water partition coefficient (Wildman–Crippen LogP) is 1.98. The van der Waals surface area contributed by atoms with Gasteiger partial charge in [-0.05, 0) is 26.0 Å². The number of fused-ring (bicyclic) bond motifs is 1. The van der Waals surface area contributed by atoms with E-state index in [4.69, 9.17) is 0 Å². The molecule has 0 aliphatic heterocycles. The van der Waals surface area contributed by atoms with Gasteiger partial charge in [0.15, 0.2) is 0 Å². The Labute approximate surface area is 82.0 Å². The molecule has 0 amide bonds. The first-order chi connectivity index (χ1) is 6.70. The summed E-state index contributed by atoms with van der Waals surface area (Å²) in [5.74, 6) is 0. The van der Waals surface area contributed by atoms with Gasteiger partial charge in [-0.1, -0.05) is 0 Å². The van der Waals surface area contributed by atoms with Crippen molar-refractivity contribution < 1.29 is 0 Å². The van der Waals surface area contributed by atoms with Crippen LogP contribution in [0.5, 0.6) is 0 Å². The maximum Gasteiger partial charge on any atom is 0.251 e. The van der Waals surface area contributed by atoms with Crippen LogP contribution in [0.4, 0.5) is 0 Å². The molecule has 0 saturated heterocycles. The highest BCUT2D eigenvalue weighted by molar-refractivity contribution is 5.77. The summed E-state index contributed by atoms with van der Waals surface area (Å²) in [4.78, 5) is 15.6. The molecule has 3 heteroatoms. The molecule has 0 unspecified atom stereocenters. The molecule has 0 bridgehead atoms. The number of rotatable bonds is 1. The Morgan fingerprint density at radius 2 is 2.07 bits per heavy atom. The Balaban J connectivity index is 2.90. The molecule has 0 aromatic carbocycles. The second-order valence-corrected chi connectivity index (χ2v) is 3.57. The van der Waals surface area contributed by atoms with Crippen molar-refractivity contribution in [3.8, 4) is 0 Å². The fourth-order valence-corrected chi connectivity index (χ4v) is 1.63. The zero-order valence-electron chi connectivity index (χ0n) is 8.27. The van der Waals surface area contributed by atoms with E-state index in [2.05, 4.69) is 4.98 Å². The number of aromatic nitrogens is 2. The molecule has 0 radical (unpaired) electrons. The van der Waals surface area contributed by atoms with Crippen LogP contribution in [0.1, 0.15) is 19.9 Å². The van der Waals surface area contributed by atoms with Crippen LogP contribution in [0.25, 0.3) is 10.9 Å². The number of nitrogens with zero attached hydrogens (tertiary/aromatic N) is 2. The van der Waals surface area contributed by atoms with Crippen molar-refractivity contribution in [3.63, 3.8) is 0 Å². The van der Waals surface area contributed by atoms with Gasteiger partial charge in [-0.25, -0.2) is 0 Å². The summed E-state index contributed by atoms with van der Waals surface area (Å²) in [5.41, 5.74) is 0.926. The summed E-state index contributed by atoms with van der Waals surface area (Å²) in [6, 6.07) is 5.50. The summed E-state index contributed by atoms with van der Waals surface area (Å²) in [6.07, 6.45) is 3.47. The van der Waals surface area contributed by atoms with Crippen LogP contribution in [-0.2, 0) is 0 Å². The monoisotopic (exact) mass is 188 g/mol. The minimum atomic E-state index is 0.0282. The van der Waals surface area contributed by atoms with Gasteiger partial charge in [0.1, 0.15) is 0 Å². The summed E-state index contributed by atoms with van der Waals surface area (Å²) < 4.78 is 1.75. The standard InChI is InChI=1S/C11H12N2O/c1-8(2)13-10-7-12-6-5-9(10)3-4-11(13)14/h3-8H,1-2H3. The Kier molecular flexibility index (Phi) is 2.08. The van der Waals surface area contributed by atoms with E-state index in [0.29, 0.717) is 0 Å². The summed E-state index contributed by atoms with van der Waals surface area (Å²) in [6.45, 7) is 3.99. The first kappa shape index (κ1) is 8.94. The highest BCUT2D eigenvalue weighted by atomic mass is 16.1. The lowest BCUT2D eigenvalue weighted by Gasteiger charge is -2.12. The lowest BCUT2D eigenvalue weighted by Crippen LogP contribution is -2.21. The third-order valence-electron chi connectivity index (χ3n) is 2.25. The zero-order chi connectivity index (χ0) is 10.1. The van der Waals surface area contributed by atoms with E-state index in [0.717, 1.165) is 10.9 Å². The van der Waals surface area contributed by atoms with E-state index in [9.17, 15) is 4.79 Å². The zero-order valence-corrected chi connectivity index (χ0v) is 8.27. The smallest absolute Gasteiger partial charge is 0.251 e. The highest BCUT2D eigenvalue weighted by Gasteiger charge is 2.05. The molecule has 2 aromatic rings. The van der Waals surface area contributed by atoms with E-state index < -0.39 is 0 Å². The molecule has 0 aliphatic rings. The van der Waals surface area contributed by atoms with E-state index in [-0.39, 0.29) is 11.6 Å². The predicted molar refractivity (Wildman–Crippen MR) is 56.4 cm³/mol. The normalized spacial score (nSPS) is 11.1. The molecule has 0 spiro atoms. The first-order valence-corrected chi connectivity index (χ1v) is 4.65. The first-order valence-electron chi connectivity index (χ1n) is 4.65. The van der Waals surface area contributed by atoms with Crippen LogP contribution in [-0.4, -0.2) is 9.55 Å². The largest absolute Gasteiger partial charge is 0.304 e. The Morgan fingerprint density at radius 3 is 2.79 bits per heavy atom. The third-order valence-corrected chi connectivity index (χ3v) is 2.25. The lowest BCUT2D eigenvalue weighted by molar-refractivity contribution is 0.600. The Hall–Kier alpha value is -1.64. The SMILES string of the molecule is CC(C)n1c(=O)ccc2ccncc21. The molecule has 0 fully saturated rings. The quantitative estimate of drug-likeness (QED) is 0.685. The van der Waals surface area contributed by atoms with Crippen molar-refractivity contribution in [1.29, 1.82) is 0 Å². The van der Waals surface area contributed by atoms with Gasteiger partial charge >= 0.3 is 0 Å². The number of hydrogen-bond acceptors (Lipinski definition) is 2. The second kappa shape index (κ2) is 3.25. The van der Waals surface area contributed by atoms with Crippen LogP contribution in [0.3, 0.4) is 0 Å². The molecular weight excluding hydrogens is 176 g/mol. The van der Waals surface area contributed by atoms with Gasteiger partial charge in [0.05, 0.1) is 11.7 Å². The molecule has 0 saturated carbocycles. The molecule has 2 heterocycles. The molecule has 0 N–H and O–H groups in total. The average molecular weight is 188 g/mol. The third kappa shape index (κ3) is 1.31. The fourth-order valence-electron chi connectivity index (χ4n) is 1.63. The van der Waals surface area contributed by atoms with Crippen LogP contribution < -0.4 is 5.56 Å². The van der Waals surface area contributed by atoms with E-state index in [1.165, 1.54) is 0 Å². The molecule has 0 atom stereocenters. The van der Waals surface area contributed by atoms with E-state index in [1.54, 1.807) is 23.0 Å². The molecule has 72 valence electrons. The molecule has 2 rings (SSSR count). The summed E-state index contributed by atoms with van der Waals surface area (Å²) in [5, 5.41) is 1.05. The molecular formula is C11H12N2O. The topological polar surface area (TPSA) is 34.9 Å². The fraction of sp³-hybridized carbons (Fsp3) is 0.273. The Bertz CT molecular complexity index is 514. The van der Waals surface area contributed by atoms with E-state index >= 15 is 0 Å². The molecule has 14 heavy (non-hydrogen) atoms. The van der Waals surface area contributed by atoms with Gasteiger partial charge in [0.2, 0.25) is 0 Å². The number of hydrogen-bond donors (Lipinski definition) is 0. The van der Waals surface area contributed by atoms with E-state index in [1.807, 2.05) is 26.0 Å². The van der Waals surface area contributed by atoms with Crippen molar-refractivity contribution in [2.24, 2.45) is 0 Å². The summed E-state index contributed by atoms with van der Waals surface area (Å²) in [7, 11) is 0. The van der Waals surface area contributed by atoms with Gasteiger partial charge in [-0.3, -0.25) is 9.78 Å². The summed E-state index contributed by atoms with van der Waals surface area (Å²) >= 11 is 0. The molecule has 0 aliphatic carbocycles. The highest BCUT2D eigenvalue weighted by Crippen LogP contribution is 2.13. The van der Waals surface area contributed by atoms with Gasteiger partial charge in [0, 0.05) is 23.7 Å². The van der Waals surface area contributed by atoms with Crippen molar-refractivity contribution >= 4 is 10.9 Å². The van der Waals surface area contributed by atoms with Gasteiger partial charge in [-0.2, -0.15) is 0 Å². The number of pyridine rings is 2. The van der Waals surface area contributed by atoms with Crippen molar-refractivity contribution in [2.45, 2.75) is 19.9 Å².